The van der Waals surface area contributed by atoms with Crippen LogP contribution >= 0.6 is 0 Å². The third-order valence-electron chi connectivity index (χ3n) is 1.08. The van der Waals surface area contributed by atoms with Crippen molar-refractivity contribution < 1.29 is 24.5 Å². The van der Waals surface area contributed by atoms with E-state index in [0.29, 0.717) is 0 Å². The van der Waals surface area contributed by atoms with Gasteiger partial charge in [0.05, 0.1) is 0 Å². The molecule has 0 spiro atoms. The van der Waals surface area contributed by atoms with Crippen LogP contribution in [0.3, 0.4) is 0 Å². The second-order valence-corrected chi connectivity index (χ2v) is 2.04. The van der Waals surface area contributed by atoms with Crippen LogP contribution in [0.4, 0.5) is 9.59 Å². The maximum atomic E-state index is 9.21. The van der Waals surface area contributed by atoms with Crippen molar-refractivity contribution >= 4 is 12.3 Å². The summed E-state index contributed by atoms with van der Waals surface area (Å²) in [6.07, 6.45) is 4.88. The van der Waals surface area contributed by atoms with Crippen molar-refractivity contribution in [2.75, 3.05) is 0 Å². The van der Waals surface area contributed by atoms with Crippen LogP contribution in [0.1, 0.15) is 19.3 Å². The minimum atomic E-state index is -1.81. The van der Waals surface area contributed by atoms with E-state index in [2.05, 4.69) is 16.9 Å². The molecule has 0 saturated heterocycles. The van der Waals surface area contributed by atoms with Crippen molar-refractivity contribution in [2.24, 2.45) is 0 Å². The first-order chi connectivity index (χ1) is 5.63. The van der Waals surface area contributed by atoms with E-state index in [1.54, 1.807) is 0 Å². The Morgan fingerprint density at radius 3 is 1.58 bits per heavy atom. The Bertz CT molecular complexity index is 166. The van der Waals surface area contributed by atoms with Gasteiger partial charge in [-0.1, -0.05) is 12.2 Å². The van der Waals surface area contributed by atoms with Gasteiger partial charge in [0, 0.05) is 0 Å². The average molecular weight is 174 g/mol. The van der Waals surface area contributed by atoms with Gasteiger partial charge in [-0.3, -0.25) is 0 Å². The molecule has 0 aromatic rings. The zero-order chi connectivity index (χ0) is 9.40. The lowest BCUT2D eigenvalue weighted by Gasteiger charge is -1.84. The highest BCUT2D eigenvalue weighted by Crippen LogP contribution is 2.05. The minimum Gasteiger partial charge on any atom is -0.449 e. The van der Waals surface area contributed by atoms with Gasteiger partial charge in [0.15, 0.2) is 0 Å². The molecule has 0 bridgehead atoms. The Labute approximate surface area is 69.3 Å². The van der Waals surface area contributed by atoms with E-state index in [1.165, 1.54) is 19.3 Å². The molecular weight excluding hydrogens is 164 g/mol. The molecule has 68 valence electrons. The molecule has 0 unspecified atom stereocenters. The van der Waals surface area contributed by atoms with Crippen molar-refractivity contribution in [2.45, 2.75) is 19.3 Å². The van der Waals surface area contributed by atoms with Crippen LogP contribution in [0.2, 0.25) is 0 Å². The summed E-state index contributed by atoms with van der Waals surface area (Å²) >= 11 is 0. The number of hydrogen-bond donors (Lipinski definition) is 2. The number of carbonyl (C=O) groups is 2. The first-order valence-electron chi connectivity index (χ1n) is 3.41. The Kier molecular flexibility index (Phi) is 5.42. The van der Waals surface area contributed by atoms with Gasteiger partial charge in [0.1, 0.15) is 0 Å². The molecule has 0 saturated carbocycles. The lowest BCUT2D eigenvalue weighted by Crippen LogP contribution is -2.05. The normalized spacial score (nSPS) is 13.0. The molecule has 1 rings (SSSR count). The van der Waals surface area contributed by atoms with Crippen molar-refractivity contribution in [1.82, 2.24) is 0 Å². The molecule has 0 aliphatic heterocycles. The van der Waals surface area contributed by atoms with Gasteiger partial charge in [-0.05, 0) is 19.3 Å². The summed E-state index contributed by atoms with van der Waals surface area (Å²) in [5.41, 5.74) is 0. The second kappa shape index (κ2) is 6.21. The van der Waals surface area contributed by atoms with Crippen LogP contribution in [-0.2, 0) is 4.74 Å². The SMILES string of the molecule is C1=CCCC1.O=C(O)OC(=O)O. The van der Waals surface area contributed by atoms with Gasteiger partial charge in [-0.25, -0.2) is 9.59 Å². The number of carboxylic acid groups (broad SMARTS) is 2. The molecule has 5 nitrogen and oxygen atoms in total. The fourth-order valence-electron chi connectivity index (χ4n) is 0.664. The Morgan fingerprint density at radius 1 is 1.08 bits per heavy atom. The summed E-state index contributed by atoms with van der Waals surface area (Å²) in [5.74, 6) is 0. The largest absolute Gasteiger partial charge is 0.516 e. The van der Waals surface area contributed by atoms with Gasteiger partial charge in [-0.15, -0.1) is 0 Å². The lowest BCUT2D eigenvalue weighted by atomic mass is 10.4. The highest BCUT2D eigenvalue weighted by atomic mass is 16.7. The quantitative estimate of drug-likeness (QED) is 0.333. The molecular formula is C7H10O5. The van der Waals surface area contributed by atoms with Crippen LogP contribution in [0.15, 0.2) is 12.2 Å². The molecule has 1 aliphatic carbocycles. The predicted octanol–water partition coefficient (Wildman–Crippen LogP) is 2.09. The van der Waals surface area contributed by atoms with Gasteiger partial charge in [0.25, 0.3) is 0 Å². The highest BCUT2D eigenvalue weighted by Gasteiger charge is 2.01. The number of ether oxygens (including phenoxy) is 1. The van der Waals surface area contributed by atoms with E-state index in [-0.39, 0.29) is 0 Å². The van der Waals surface area contributed by atoms with Gasteiger partial charge in [-0.2, -0.15) is 0 Å². The molecule has 0 fully saturated rings. The maximum absolute atomic E-state index is 9.21. The molecule has 0 aromatic carbocycles. The second-order valence-electron chi connectivity index (χ2n) is 2.04. The molecule has 0 heterocycles. The molecule has 0 aromatic heterocycles. The van der Waals surface area contributed by atoms with E-state index >= 15 is 0 Å². The Morgan fingerprint density at radius 2 is 1.50 bits per heavy atom. The standard InChI is InChI=1S/C5H8.C2H2O5/c1-2-4-5-3-1;3-1(4)7-2(5)6/h1-2H,3-5H2;(H,3,4)(H,5,6). The first-order valence-corrected chi connectivity index (χ1v) is 3.41. The third-order valence-corrected chi connectivity index (χ3v) is 1.08. The minimum absolute atomic E-state index is 1.32. The topological polar surface area (TPSA) is 83.8 Å². The Balaban J connectivity index is 0.000000211. The van der Waals surface area contributed by atoms with E-state index in [0.717, 1.165) is 0 Å². The maximum Gasteiger partial charge on any atom is 0.516 e. The van der Waals surface area contributed by atoms with Crippen LogP contribution in [0, 0.1) is 0 Å². The van der Waals surface area contributed by atoms with E-state index in [9.17, 15) is 9.59 Å². The van der Waals surface area contributed by atoms with E-state index < -0.39 is 12.3 Å². The summed E-state index contributed by atoms with van der Waals surface area (Å²) in [5, 5.41) is 15.0. The Hall–Kier alpha value is -1.52. The summed E-state index contributed by atoms with van der Waals surface area (Å²) < 4.78 is 3.08. The van der Waals surface area contributed by atoms with Crippen molar-refractivity contribution in [3.63, 3.8) is 0 Å². The van der Waals surface area contributed by atoms with Crippen LogP contribution in [-0.4, -0.2) is 22.5 Å². The molecule has 0 amide bonds. The van der Waals surface area contributed by atoms with Crippen molar-refractivity contribution in [3.05, 3.63) is 12.2 Å². The van der Waals surface area contributed by atoms with E-state index in [4.69, 9.17) is 10.2 Å². The third kappa shape index (κ3) is 8.48. The van der Waals surface area contributed by atoms with Gasteiger partial charge < -0.3 is 14.9 Å². The molecule has 2 N–H and O–H groups in total. The van der Waals surface area contributed by atoms with Crippen LogP contribution < -0.4 is 0 Å². The van der Waals surface area contributed by atoms with Crippen LogP contribution in [0.5, 0.6) is 0 Å². The predicted molar refractivity (Wildman–Crippen MR) is 40.1 cm³/mol. The zero-order valence-corrected chi connectivity index (χ0v) is 6.40. The molecule has 0 radical (unpaired) electrons. The van der Waals surface area contributed by atoms with Gasteiger partial charge in [0.2, 0.25) is 0 Å². The molecule has 12 heavy (non-hydrogen) atoms. The van der Waals surface area contributed by atoms with Crippen molar-refractivity contribution in [1.29, 1.82) is 0 Å². The first kappa shape index (κ1) is 10.5. The van der Waals surface area contributed by atoms with Crippen LogP contribution in [0.25, 0.3) is 0 Å². The molecule has 1 aliphatic rings. The zero-order valence-electron chi connectivity index (χ0n) is 6.40. The van der Waals surface area contributed by atoms with E-state index in [1.807, 2.05) is 0 Å². The summed E-state index contributed by atoms with van der Waals surface area (Å²) in [6.45, 7) is 0. The lowest BCUT2D eigenvalue weighted by molar-refractivity contribution is 0.0802. The average Bonchev–Trinajstić information content (AvgIpc) is 2.36. The summed E-state index contributed by atoms with van der Waals surface area (Å²) in [7, 11) is 0. The monoisotopic (exact) mass is 174 g/mol. The fraction of sp³-hybridized carbons (Fsp3) is 0.429. The smallest absolute Gasteiger partial charge is 0.449 e. The highest BCUT2D eigenvalue weighted by molar-refractivity contribution is 5.74. The molecule has 0 atom stereocenters. The summed E-state index contributed by atoms with van der Waals surface area (Å²) in [6, 6.07) is 0. The number of rotatable bonds is 0. The van der Waals surface area contributed by atoms with Crippen molar-refractivity contribution in [3.8, 4) is 0 Å². The van der Waals surface area contributed by atoms with Gasteiger partial charge >= 0.3 is 12.3 Å². The fourth-order valence-corrected chi connectivity index (χ4v) is 0.664. The number of allylic oxidation sites excluding steroid dienone is 2. The molecule has 5 heteroatoms. The number of hydrogen-bond acceptors (Lipinski definition) is 3. The summed E-state index contributed by atoms with van der Waals surface area (Å²) in [4.78, 5) is 18.4.